The molecule has 4 aliphatic heterocycles. The Bertz CT molecular complexity index is 2240. The van der Waals surface area contributed by atoms with Crippen LogP contribution in [-0.2, 0) is 39.9 Å². The highest BCUT2D eigenvalue weighted by molar-refractivity contribution is 5.98. The van der Waals surface area contributed by atoms with E-state index in [4.69, 9.17) is 16.2 Å². The number of aliphatic hydroxyl groups excluding tert-OH is 7. The van der Waals surface area contributed by atoms with E-state index in [2.05, 4.69) is 47.2 Å². The van der Waals surface area contributed by atoms with Crippen molar-refractivity contribution in [3.8, 4) is 5.75 Å². The zero-order valence-electron chi connectivity index (χ0n) is 37.0. The second-order valence-electron chi connectivity index (χ2n) is 17.0. The van der Waals surface area contributed by atoms with E-state index < -0.39 is 159 Å². The maximum atomic E-state index is 14.7. The van der Waals surface area contributed by atoms with Gasteiger partial charge in [0, 0.05) is 12.3 Å². The molecule has 0 radical (unpaired) electrons. The van der Waals surface area contributed by atoms with Crippen LogP contribution in [0.5, 0.6) is 5.75 Å². The summed E-state index contributed by atoms with van der Waals surface area (Å²) in [5, 5.41) is 103. The number of nitrogens with zero attached hydrogens (tertiary/aromatic N) is 3. The van der Waals surface area contributed by atoms with Crippen molar-refractivity contribution < 1.29 is 74.4 Å². The Morgan fingerprint density at radius 2 is 1.32 bits per heavy atom. The Morgan fingerprint density at radius 1 is 0.696 bits per heavy atom. The summed E-state index contributed by atoms with van der Waals surface area (Å²) in [6.45, 7) is -1.89. The molecule has 15 atom stereocenters. The van der Waals surface area contributed by atoms with Crippen LogP contribution in [0.25, 0.3) is 0 Å². The molecule has 2 saturated heterocycles. The van der Waals surface area contributed by atoms with Crippen LogP contribution in [0.1, 0.15) is 24.0 Å². The van der Waals surface area contributed by atoms with Crippen molar-refractivity contribution in [2.45, 2.75) is 104 Å². The van der Waals surface area contributed by atoms with E-state index in [1.54, 1.807) is 37.3 Å². The topological polar surface area (TPSA) is 438 Å². The number of ether oxygens (including phenoxy) is 1. The van der Waals surface area contributed by atoms with E-state index >= 15 is 0 Å². The standard InChI is InChI=1S/C42H58N12O15/c1-17(19-5-3-2-4-6-19)27-37(66)48-21(11-18-7-9-20(57)10-8-18)36(65)52-28(30(59)22-12-46-41(43)50-22)39(68)53-29(38(67)49-23(15-55)35(64)45-14-26(58)51-27)31(60)24-13-47-42(44)54(24)40-34(63)33(62)32(61)25(16-56)69-40/h2-10,17,21-25,27-34,40,55-57,59-63H,11-16H2,1H3,(H2,44,47)(H,45,64)(H,48,66)(H,49,67)(H,51,58)(H,52,65)(H,53,68)(H3,43,46,50)/t17?,21?,22?,23?,24?,25-,27?,28?,29?,30?,31?,32-,33+,34+,40+/m1/s1. The third-order valence-electron chi connectivity index (χ3n) is 12.3. The number of aliphatic hydroxyl groups is 7. The third-order valence-corrected chi connectivity index (χ3v) is 12.3. The van der Waals surface area contributed by atoms with Gasteiger partial charge in [0.1, 0.15) is 72.6 Å². The van der Waals surface area contributed by atoms with Crippen molar-refractivity contribution in [3.05, 3.63) is 65.7 Å². The highest BCUT2D eigenvalue weighted by Gasteiger charge is 2.52. The van der Waals surface area contributed by atoms with E-state index in [0.29, 0.717) is 11.1 Å². The van der Waals surface area contributed by atoms with Crippen molar-refractivity contribution >= 4 is 47.4 Å². The molecule has 376 valence electrons. The second kappa shape index (κ2) is 22.6. The van der Waals surface area contributed by atoms with Gasteiger partial charge in [-0.25, -0.2) is 0 Å². The molecule has 4 heterocycles. The summed E-state index contributed by atoms with van der Waals surface area (Å²) in [6, 6.07) is 2.05. The average molecular weight is 971 g/mol. The maximum absolute atomic E-state index is 14.7. The zero-order valence-corrected chi connectivity index (χ0v) is 37.0. The molecular weight excluding hydrogens is 913 g/mol. The molecule has 27 heteroatoms. The molecule has 4 aliphatic rings. The van der Waals surface area contributed by atoms with Crippen molar-refractivity contribution in [3.63, 3.8) is 0 Å². The molecule has 10 unspecified atom stereocenters. The largest absolute Gasteiger partial charge is 0.508 e. The lowest BCUT2D eigenvalue weighted by Gasteiger charge is -2.46. The molecule has 6 rings (SSSR count). The molecule has 2 fully saturated rings. The highest BCUT2D eigenvalue weighted by atomic mass is 16.6. The number of hydrogen-bond acceptors (Lipinski definition) is 21. The minimum Gasteiger partial charge on any atom is -0.508 e. The molecule has 0 aliphatic carbocycles. The predicted molar refractivity (Wildman–Crippen MR) is 238 cm³/mol. The third kappa shape index (κ3) is 11.9. The number of amides is 6. The summed E-state index contributed by atoms with van der Waals surface area (Å²) in [5.41, 5.74) is 13.0. The van der Waals surface area contributed by atoms with Gasteiger partial charge in [0.25, 0.3) is 0 Å². The number of carbonyl (C=O) groups excluding carboxylic acids is 6. The van der Waals surface area contributed by atoms with Gasteiger partial charge in [-0.3, -0.25) is 38.8 Å². The first-order valence-corrected chi connectivity index (χ1v) is 21.9. The normalized spacial score (nSPS) is 32.3. The van der Waals surface area contributed by atoms with Gasteiger partial charge in [0.2, 0.25) is 35.4 Å². The fourth-order valence-corrected chi connectivity index (χ4v) is 8.34. The molecule has 6 amide bonds. The summed E-state index contributed by atoms with van der Waals surface area (Å²) in [7, 11) is 0. The van der Waals surface area contributed by atoms with Gasteiger partial charge in [0.05, 0.1) is 44.9 Å². The molecule has 19 N–H and O–H groups in total. The van der Waals surface area contributed by atoms with E-state index in [0.717, 1.165) is 4.90 Å². The minimum absolute atomic E-state index is 0.122. The summed E-state index contributed by atoms with van der Waals surface area (Å²) < 4.78 is 5.66. The summed E-state index contributed by atoms with van der Waals surface area (Å²) in [5.74, 6) is -8.29. The van der Waals surface area contributed by atoms with E-state index in [1.165, 1.54) is 24.3 Å². The first-order valence-electron chi connectivity index (χ1n) is 21.9. The molecular formula is C42H58N12O15. The van der Waals surface area contributed by atoms with Crippen molar-refractivity contribution in [1.82, 2.24) is 42.1 Å². The van der Waals surface area contributed by atoms with Gasteiger partial charge >= 0.3 is 0 Å². The molecule has 27 nitrogen and oxygen atoms in total. The van der Waals surface area contributed by atoms with E-state index in [9.17, 15) is 69.6 Å². The molecule has 69 heavy (non-hydrogen) atoms. The zero-order chi connectivity index (χ0) is 50.3. The molecule has 2 aromatic carbocycles. The molecule has 0 saturated carbocycles. The number of phenolic OH excluding ortho intramolecular Hbond substituents is 1. The fraction of sp³-hybridized carbons (Fsp3) is 0.524. The first kappa shape index (κ1) is 51.7. The second-order valence-corrected chi connectivity index (χ2v) is 17.0. The number of benzene rings is 2. The van der Waals surface area contributed by atoms with Crippen molar-refractivity contribution in [2.75, 3.05) is 32.8 Å². The van der Waals surface area contributed by atoms with Gasteiger partial charge in [0.15, 0.2) is 18.1 Å². The number of aliphatic imine (C=N–C) groups is 2. The summed E-state index contributed by atoms with van der Waals surface area (Å²) in [6.07, 6.45) is -13.4. The number of nitrogens with two attached hydrogens (primary N) is 2. The number of guanidine groups is 2. The monoisotopic (exact) mass is 970 g/mol. The van der Waals surface area contributed by atoms with Crippen LogP contribution in [0.3, 0.4) is 0 Å². The number of aromatic hydroxyl groups is 1. The minimum atomic E-state index is -2.25. The number of carbonyl (C=O) groups is 6. The van der Waals surface area contributed by atoms with Crippen LogP contribution in [-0.4, -0.2) is 211 Å². The molecule has 0 aromatic heterocycles. The van der Waals surface area contributed by atoms with Crippen LogP contribution in [0.2, 0.25) is 0 Å². The van der Waals surface area contributed by atoms with Gasteiger partial charge in [-0.2, -0.15) is 0 Å². The van der Waals surface area contributed by atoms with Gasteiger partial charge in [-0.05, 0) is 23.3 Å². The van der Waals surface area contributed by atoms with Crippen LogP contribution >= 0.6 is 0 Å². The van der Waals surface area contributed by atoms with Crippen LogP contribution in [0.4, 0.5) is 0 Å². The SMILES string of the molecule is CC(c1ccccc1)C1NC(=O)CNC(=O)C(CO)NC(=O)C(C(O)C2CN=C(N)N2[C@H]2O[C@H](CO)[C@@H](O)[C@H](O)[C@@H]2O)NC(=O)C(C(O)C2CN=C(N)N2)NC(=O)C(Cc2ccc(O)cc2)NC1=O. The molecule has 0 spiro atoms. The van der Waals surface area contributed by atoms with Crippen LogP contribution in [0, 0.1) is 0 Å². The van der Waals surface area contributed by atoms with Crippen molar-refractivity contribution in [1.29, 1.82) is 0 Å². The van der Waals surface area contributed by atoms with E-state index in [-0.39, 0.29) is 24.7 Å². The lowest BCUT2D eigenvalue weighted by Crippen LogP contribution is -2.70. The predicted octanol–water partition coefficient (Wildman–Crippen LogP) is -8.91. The average Bonchev–Trinajstić information content (AvgIpc) is 3.96. The van der Waals surface area contributed by atoms with Gasteiger partial charge in [-0.15, -0.1) is 0 Å². The smallest absolute Gasteiger partial charge is 0.246 e. The lowest BCUT2D eigenvalue weighted by molar-refractivity contribution is -0.260. The van der Waals surface area contributed by atoms with Gasteiger partial charge < -0.3 is 99.2 Å². The fourth-order valence-electron chi connectivity index (χ4n) is 8.34. The molecule has 0 bridgehead atoms. The summed E-state index contributed by atoms with van der Waals surface area (Å²) >= 11 is 0. The van der Waals surface area contributed by atoms with Crippen LogP contribution < -0.4 is 48.7 Å². The Hall–Kier alpha value is -6.72. The number of rotatable bonds is 11. The van der Waals surface area contributed by atoms with E-state index in [1.807, 2.05) is 0 Å². The lowest BCUT2D eigenvalue weighted by atomic mass is 9.92. The number of hydrogen-bond donors (Lipinski definition) is 17. The Balaban J connectivity index is 1.41. The van der Waals surface area contributed by atoms with Crippen molar-refractivity contribution in [2.24, 2.45) is 21.5 Å². The van der Waals surface area contributed by atoms with Gasteiger partial charge in [-0.1, -0.05) is 49.4 Å². The Morgan fingerprint density at radius 3 is 1.96 bits per heavy atom. The summed E-state index contributed by atoms with van der Waals surface area (Å²) in [4.78, 5) is 94.1. The molecule has 2 aromatic rings. The first-order chi connectivity index (χ1) is 32.8. The Labute approximate surface area is 393 Å². The number of phenols is 1. The highest BCUT2D eigenvalue weighted by Crippen LogP contribution is 2.29. The number of nitrogens with one attached hydrogen (secondary N) is 7. The quantitative estimate of drug-likeness (QED) is 0.0994. The van der Waals surface area contributed by atoms with Crippen LogP contribution in [0.15, 0.2) is 64.6 Å². The maximum Gasteiger partial charge on any atom is 0.246 e. The Kier molecular flexibility index (Phi) is 16.9.